The van der Waals surface area contributed by atoms with Crippen LogP contribution in [0.4, 0.5) is 0 Å². The van der Waals surface area contributed by atoms with E-state index in [1.165, 1.54) is 24.8 Å². The average Bonchev–Trinajstić information content (AvgIpc) is 3.34. The van der Waals surface area contributed by atoms with Gasteiger partial charge in [0.2, 0.25) is 0 Å². The van der Waals surface area contributed by atoms with E-state index in [0.717, 1.165) is 83.6 Å². The molecule has 2 N–H and O–H groups in total. The van der Waals surface area contributed by atoms with Crippen molar-refractivity contribution >= 4 is 5.96 Å². The topological polar surface area (TPSA) is 67.4 Å². The summed E-state index contributed by atoms with van der Waals surface area (Å²) < 4.78 is 16.6. The standard InChI is InChI=1S/C25H42N4O3/c1-3-26-25(27-13-5-16-31-20-24-6-4-17-32-24)28-18-21-11-14-29(15-12-21)19-22-7-9-23(30-2)10-8-22/h7-10,21,24H,3-6,11-20H2,1-2H3,(H2,26,27,28). The summed E-state index contributed by atoms with van der Waals surface area (Å²) in [5, 5.41) is 6.81. The number of hydrogen-bond acceptors (Lipinski definition) is 5. The van der Waals surface area contributed by atoms with Gasteiger partial charge in [0.05, 0.1) is 19.8 Å². The molecule has 0 radical (unpaired) electrons. The molecule has 2 fully saturated rings. The lowest BCUT2D eigenvalue weighted by molar-refractivity contribution is 0.0168. The molecule has 2 heterocycles. The third kappa shape index (κ3) is 8.96. The van der Waals surface area contributed by atoms with Crippen molar-refractivity contribution in [3.05, 3.63) is 29.8 Å². The summed E-state index contributed by atoms with van der Waals surface area (Å²) in [4.78, 5) is 7.39. The van der Waals surface area contributed by atoms with Gasteiger partial charge in [-0.05, 0) is 75.7 Å². The van der Waals surface area contributed by atoms with E-state index >= 15 is 0 Å². The molecule has 1 unspecified atom stereocenters. The van der Waals surface area contributed by atoms with Gasteiger partial charge in [-0.1, -0.05) is 12.1 Å². The van der Waals surface area contributed by atoms with Gasteiger partial charge >= 0.3 is 0 Å². The Balaban J connectivity index is 1.29. The van der Waals surface area contributed by atoms with E-state index in [9.17, 15) is 0 Å². The van der Waals surface area contributed by atoms with Crippen molar-refractivity contribution in [3.8, 4) is 5.75 Å². The van der Waals surface area contributed by atoms with E-state index in [1.54, 1.807) is 7.11 Å². The lowest BCUT2D eigenvalue weighted by Gasteiger charge is -2.31. The summed E-state index contributed by atoms with van der Waals surface area (Å²) in [5.74, 6) is 2.50. The fourth-order valence-corrected chi connectivity index (χ4v) is 4.25. The number of aliphatic imine (C=N–C) groups is 1. The van der Waals surface area contributed by atoms with Crippen LogP contribution in [0, 0.1) is 5.92 Å². The molecule has 3 rings (SSSR count). The third-order valence-electron chi connectivity index (χ3n) is 6.21. The lowest BCUT2D eigenvalue weighted by atomic mass is 9.96. The van der Waals surface area contributed by atoms with Crippen LogP contribution in [-0.4, -0.2) is 76.6 Å². The SMILES string of the molecule is CCNC(=NCC1CCN(Cc2ccc(OC)cc2)CC1)NCCCOCC1CCCO1. The molecule has 1 aromatic rings. The second-order valence-electron chi connectivity index (χ2n) is 8.78. The minimum absolute atomic E-state index is 0.310. The van der Waals surface area contributed by atoms with Crippen LogP contribution in [-0.2, 0) is 16.0 Å². The van der Waals surface area contributed by atoms with Crippen molar-refractivity contribution in [2.75, 3.05) is 59.7 Å². The largest absolute Gasteiger partial charge is 0.497 e. The normalized spacial score (nSPS) is 20.4. The molecule has 0 aromatic heterocycles. The highest BCUT2D eigenvalue weighted by molar-refractivity contribution is 5.79. The predicted molar refractivity (Wildman–Crippen MR) is 129 cm³/mol. The molecule has 2 aliphatic rings. The first kappa shape index (κ1) is 24.8. The van der Waals surface area contributed by atoms with Crippen molar-refractivity contribution in [2.24, 2.45) is 10.9 Å². The Kier molecular flexibility index (Phi) is 11.1. The quantitative estimate of drug-likeness (QED) is 0.292. The highest BCUT2D eigenvalue weighted by Gasteiger charge is 2.19. The maximum atomic E-state index is 5.74. The van der Waals surface area contributed by atoms with Gasteiger partial charge in [0.25, 0.3) is 0 Å². The van der Waals surface area contributed by atoms with Crippen LogP contribution in [0.5, 0.6) is 5.75 Å². The number of ether oxygens (including phenoxy) is 3. The number of methoxy groups -OCH3 is 1. The average molecular weight is 447 g/mol. The molecule has 7 nitrogen and oxygen atoms in total. The number of piperidine rings is 1. The maximum Gasteiger partial charge on any atom is 0.191 e. The molecule has 0 bridgehead atoms. The fraction of sp³-hybridized carbons (Fsp3) is 0.720. The van der Waals surface area contributed by atoms with Crippen molar-refractivity contribution in [3.63, 3.8) is 0 Å². The Hall–Kier alpha value is -1.83. The molecular weight excluding hydrogens is 404 g/mol. The zero-order valence-electron chi connectivity index (χ0n) is 20.0. The van der Waals surface area contributed by atoms with Crippen molar-refractivity contribution < 1.29 is 14.2 Å². The van der Waals surface area contributed by atoms with Crippen LogP contribution in [0.25, 0.3) is 0 Å². The van der Waals surface area contributed by atoms with Gasteiger partial charge in [0.1, 0.15) is 5.75 Å². The van der Waals surface area contributed by atoms with Gasteiger partial charge in [0, 0.05) is 39.4 Å². The summed E-state index contributed by atoms with van der Waals surface area (Å²) in [5.41, 5.74) is 1.35. The Labute approximate surface area is 193 Å². The molecule has 1 atom stereocenters. The van der Waals surface area contributed by atoms with Gasteiger partial charge in [0.15, 0.2) is 5.96 Å². The molecular formula is C25H42N4O3. The molecule has 0 aliphatic carbocycles. The number of benzene rings is 1. The summed E-state index contributed by atoms with van der Waals surface area (Å²) >= 11 is 0. The van der Waals surface area contributed by atoms with E-state index < -0.39 is 0 Å². The van der Waals surface area contributed by atoms with Gasteiger partial charge in [-0.25, -0.2) is 0 Å². The van der Waals surface area contributed by atoms with Gasteiger partial charge in [-0.3, -0.25) is 9.89 Å². The minimum Gasteiger partial charge on any atom is -0.497 e. The van der Waals surface area contributed by atoms with Crippen LogP contribution >= 0.6 is 0 Å². The summed E-state index contributed by atoms with van der Waals surface area (Å²) in [6.07, 6.45) is 5.99. The van der Waals surface area contributed by atoms with Gasteiger partial charge in [-0.2, -0.15) is 0 Å². The Bertz CT molecular complexity index is 654. The molecule has 0 amide bonds. The number of hydrogen-bond donors (Lipinski definition) is 2. The smallest absolute Gasteiger partial charge is 0.191 e. The van der Waals surface area contributed by atoms with Crippen LogP contribution in [0.3, 0.4) is 0 Å². The number of likely N-dealkylation sites (tertiary alicyclic amines) is 1. The van der Waals surface area contributed by atoms with Crippen molar-refractivity contribution in [1.82, 2.24) is 15.5 Å². The molecule has 2 aliphatic heterocycles. The first-order valence-corrected chi connectivity index (χ1v) is 12.3. The second-order valence-corrected chi connectivity index (χ2v) is 8.78. The summed E-state index contributed by atoms with van der Waals surface area (Å²) in [6, 6.07) is 8.42. The minimum atomic E-state index is 0.310. The molecule has 0 saturated carbocycles. The van der Waals surface area contributed by atoms with Crippen LogP contribution in [0.15, 0.2) is 29.3 Å². The van der Waals surface area contributed by atoms with Crippen LogP contribution < -0.4 is 15.4 Å². The van der Waals surface area contributed by atoms with E-state index in [0.29, 0.717) is 12.0 Å². The third-order valence-corrected chi connectivity index (χ3v) is 6.21. The number of rotatable bonds is 12. The zero-order valence-corrected chi connectivity index (χ0v) is 20.0. The molecule has 0 spiro atoms. The molecule has 1 aromatic carbocycles. The summed E-state index contributed by atoms with van der Waals surface area (Å²) in [7, 11) is 1.71. The van der Waals surface area contributed by atoms with Crippen molar-refractivity contribution in [1.29, 1.82) is 0 Å². The monoisotopic (exact) mass is 446 g/mol. The van der Waals surface area contributed by atoms with E-state index in [2.05, 4.69) is 34.6 Å². The highest BCUT2D eigenvalue weighted by atomic mass is 16.5. The number of guanidine groups is 1. The van der Waals surface area contributed by atoms with Crippen molar-refractivity contribution in [2.45, 2.75) is 51.7 Å². The fourth-order valence-electron chi connectivity index (χ4n) is 4.25. The van der Waals surface area contributed by atoms with Gasteiger partial charge < -0.3 is 24.8 Å². The van der Waals surface area contributed by atoms with Crippen LogP contribution in [0.2, 0.25) is 0 Å². The van der Waals surface area contributed by atoms with E-state index in [1.807, 2.05) is 12.1 Å². The summed E-state index contributed by atoms with van der Waals surface area (Å²) in [6.45, 7) is 10.4. The van der Waals surface area contributed by atoms with E-state index in [4.69, 9.17) is 19.2 Å². The first-order chi connectivity index (χ1) is 15.8. The van der Waals surface area contributed by atoms with Gasteiger partial charge in [-0.15, -0.1) is 0 Å². The predicted octanol–water partition coefficient (Wildman–Crippen LogP) is 3.05. The lowest BCUT2D eigenvalue weighted by Crippen LogP contribution is -2.39. The first-order valence-electron chi connectivity index (χ1n) is 12.3. The zero-order chi connectivity index (χ0) is 22.4. The molecule has 180 valence electrons. The molecule has 32 heavy (non-hydrogen) atoms. The highest BCUT2D eigenvalue weighted by Crippen LogP contribution is 2.20. The Morgan fingerprint density at radius 1 is 1.16 bits per heavy atom. The molecule has 2 saturated heterocycles. The number of nitrogens with zero attached hydrogens (tertiary/aromatic N) is 2. The Morgan fingerprint density at radius 2 is 1.97 bits per heavy atom. The molecule has 7 heteroatoms. The Morgan fingerprint density at radius 3 is 2.66 bits per heavy atom. The second kappa shape index (κ2) is 14.3. The van der Waals surface area contributed by atoms with E-state index in [-0.39, 0.29) is 0 Å². The maximum absolute atomic E-state index is 5.74. The van der Waals surface area contributed by atoms with Crippen LogP contribution in [0.1, 0.15) is 44.6 Å². The number of nitrogens with one attached hydrogen (secondary N) is 2.